The lowest BCUT2D eigenvalue weighted by Crippen LogP contribution is -2.30. The summed E-state index contributed by atoms with van der Waals surface area (Å²) in [5.74, 6) is -0.176. The van der Waals surface area contributed by atoms with Crippen molar-refractivity contribution in [1.29, 1.82) is 0 Å². The number of carbonyl (C=O) groups excluding carboxylic acids is 2. The number of benzene rings is 2. The molecule has 0 spiro atoms. The summed E-state index contributed by atoms with van der Waals surface area (Å²) < 4.78 is 11.0. The molecule has 0 aliphatic carbocycles. The van der Waals surface area contributed by atoms with E-state index in [1.54, 1.807) is 26.0 Å². The van der Waals surface area contributed by atoms with Gasteiger partial charge in [0.15, 0.2) is 6.10 Å². The van der Waals surface area contributed by atoms with Gasteiger partial charge in [0.1, 0.15) is 16.3 Å². The highest BCUT2D eigenvalue weighted by Crippen LogP contribution is 2.37. The normalized spacial score (nSPS) is 11.8. The van der Waals surface area contributed by atoms with Crippen LogP contribution in [0.25, 0.3) is 11.1 Å². The molecule has 1 amide bonds. The number of hydrogen-bond acceptors (Lipinski definition) is 5. The Balaban J connectivity index is 1.85. The molecule has 174 valence electrons. The third kappa shape index (κ3) is 6.08. The van der Waals surface area contributed by atoms with E-state index in [0.717, 1.165) is 5.56 Å². The molecule has 3 aromatic rings. The van der Waals surface area contributed by atoms with Gasteiger partial charge in [0.05, 0.1) is 11.6 Å². The molecule has 8 heteroatoms. The van der Waals surface area contributed by atoms with Crippen LogP contribution in [0.3, 0.4) is 0 Å². The van der Waals surface area contributed by atoms with Crippen LogP contribution in [-0.2, 0) is 9.53 Å². The van der Waals surface area contributed by atoms with Crippen LogP contribution >= 0.6 is 34.5 Å². The highest BCUT2D eigenvalue weighted by molar-refractivity contribution is 7.15. The third-order valence-electron chi connectivity index (χ3n) is 4.96. The van der Waals surface area contributed by atoms with Gasteiger partial charge in [-0.1, -0.05) is 61.3 Å². The Hall–Kier alpha value is -2.54. The molecule has 0 fully saturated rings. The van der Waals surface area contributed by atoms with Crippen LogP contribution < -0.4 is 10.1 Å². The molecule has 0 aliphatic rings. The Morgan fingerprint density at radius 3 is 2.36 bits per heavy atom. The fourth-order valence-corrected chi connectivity index (χ4v) is 4.56. The summed E-state index contributed by atoms with van der Waals surface area (Å²) in [7, 11) is 0. The van der Waals surface area contributed by atoms with Crippen molar-refractivity contribution in [2.24, 2.45) is 0 Å². The summed E-state index contributed by atoms with van der Waals surface area (Å²) in [6, 6.07) is 12.8. The minimum absolute atomic E-state index is 0.225. The van der Waals surface area contributed by atoms with Gasteiger partial charge in [-0.25, -0.2) is 4.79 Å². The Kier molecular flexibility index (Phi) is 8.40. The monoisotopic (exact) mass is 505 g/mol. The number of thiophene rings is 1. The Morgan fingerprint density at radius 1 is 1.06 bits per heavy atom. The molecule has 33 heavy (non-hydrogen) atoms. The highest BCUT2D eigenvalue weighted by Gasteiger charge is 2.25. The summed E-state index contributed by atoms with van der Waals surface area (Å²) in [5.41, 5.74) is 3.10. The second kappa shape index (κ2) is 11.1. The summed E-state index contributed by atoms with van der Waals surface area (Å²) in [5, 5.41) is 5.82. The van der Waals surface area contributed by atoms with Crippen molar-refractivity contribution in [1.82, 2.24) is 0 Å². The van der Waals surface area contributed by atoms with Gasteiger partial charge in [-0.2, -0.15) is 0 Å². The zero-order valence-corrected chi connectivity index (χ0v) is 21.1. The molecule has 0 bridgehead atoms. The van der Waals surface area contributed by atoms with Crippen LogP contribution in [0.4, 0.5) is 5.00 Å². The van der Waals surface area contributed by atoms with Gasteiger partial charge in [-0.05, 0) is 49.1 Å². The number of halogens is 2. The summed E-state index contributed by atoms with van der Waals surface area (Å²) in [6.07, 6.45) is -0.866. The number of hydrogen-bond donors (Lipinski definition) is 1. The van der Waals surface area contributed by atoms with E-state index in [1.807, 2.05) is 29.6 Å². The second-order valence-electron chi connectivity index (χ2n) is 7.67. The maximum absolute atomic E-state index is 12.8. The van der Waals surface area contributed by atoms with Gasteiger partial charge >= 0.3 is 5.97 Å². The van der Waals surface area contributed by atoms with Gasteiger partial charge in [0, 0.05) is 16.0 Å². The van der Waals surface area contributed by atoms with Crippen LogP contribution in [0.5, 0.6) is 5.75 Å². The van der Waals surface area contributed by atoms with Crippen LogP contribution in [0, 0.1) is 0 Å². The fourth-order valence-electron chi connectivity index (χ4n) is 3.14. The molecule has 1 unspecified atom stereocenters. The van der Waals surface area contributed by atoms with Gasteiger partial charge in [0.2, 0.25) is 0 Å². The van der Waals surface area contributed by atoms with Crippen molar-refractivity contribution >= 4 is 51.4 Å². The third-order valence-corrected chi connectivity index (χ3v) is 6.39. The lowest BCUT2D eigenvalue weighted by molar-refractivity contribution is -0.122. The van der Waals surface area contributed by atoms with E-state index in [9.17, 15) is 9.59 Å². The van der Waals surface area contributed by atoms with Crippen molar-refractivity contribution in [3.05, 3.63) is 69.0 Å². The molecule has 3 rings (SSSR count). The SMILES string of the molecule is CCOC(=O)c1c(-c2ccc(C(C)C)cc2)csc1NC(=O)C(C)Oc1ccc(Cl)cc1Cl. The average Bonchev–Trinajstić information content (AvgIpc) is 3.19. The van der Waals surface area contributed by atoms with E-state index in [-0.39, 0.29) is 6.61 Å². The summed E-state index contributed by atoms with van der Waals surface area (Å²) >= 11 is 13.3. The van der Waals surface area contributed by atoms with Crippen molar-refractivity contribution in [2.75, 3.05) is 11.9 Å². The summed E-state index contributed by atoms with van der Waals surface area (Å²) in [4.78, 5) is 25.6. The molecule has 0 radical (unpaired) electrons. The van der Waals surface area contributed by atoms with Gasteiger partial charge < -0.3 is 14.8 Å². The van der Waals surface area contributed by atoms with Crippen LogP contribution in [0.15, 0.2) is 47.8 Å². The number of esters is 1. The average molecular weight is 506 g/mol. The first-order valence-corrected chi connectivity index (χ1v) is 12.2. The molecule has 1 atom stereocenters. The number of amides is 1. The minimum Gasteiger partial charge on any atom is -0.479 e. The molecule has 0 aliphatic heterocycles. The topological polar surface area (TPSA) is 64.6 Å². The van der Waals surface area contributed by atoms with Crippen LogP contribution in [-0.4, -0.2) is 24.6 Å². The van der Waals surface area contributed by atoms with Crippen LogP contribution in [0.1, 0.15) is 49.5 Å². The molecule has 5 nitrogen and oxygen atoms in total. The van der Waals surface area contributed by atoms with Gasteiger partial charge in [0.25, 0.3) is 5.91 Å². The number of carbonyl (C=O) groups is 2. The van der Waals surface area contributed by atoms with E-state index in [1.165, 1.54) is 23.0 Å². The van der Waals surface area contributed by atoms with E-state index in [2.05, 4.69) is 19.2 Å². The van der Waals surface area contributed by atoms with Gasteiger partial charge in [-0.15, -0.1) is 11.3 Å². The lowest BCUT2D eigenvalue weighted by Gasteiger charge is -2.16. The fraction of sp³-hybridized carbons (Fsp3) is 0.280. The first-order chi connectivity index (χ1) is 15.7. The maximum atomic E-state index is 12.8. The second-order valence-corrected chi connectivity index (χ2v) is 9.40. The predicted molar refractivity (Wildman–Crippen MR) is 135 cm³/mol. The molecular formula is C25H25Cl2NO4S. The van der Waals surface area contributed by atoms with E-state index in [4.69, 9.17) is 32.7 Å². The number of rotatable bonds is 8. The number of nitrogens with one attached hydrogen (secondary N) is 1. The van der Waals surface area contributed by atoms with Crippen molar-refractivity contribution in [3.63, 3.8) is 0 Å². The lowest BCUT2D eigenvalue weighted by atomic mass is 9.98. The first kappa shape index (κ1) is 25.1. The Bertz CT molecular complexity index is 1140. The number of ether oxygens (including phenoxy) is 2. The summed E-state index contributed by atoms with van der Waals surface area (Å²) in [6.45, 7) is 7.81. The first-order valence-electron chi connectivity index (χ1n) is 10.5. The standard InChI is InChI=1S/C25H25Cl2NO4S/c1-5-31-25(30)22-19(17-8-6-16(7-9-17)14(2)3)13-33-24(22)28-23(29)15(4)32-21-11-10-18(26)12-20(21)27/h6-15H,5H2,1-4H3,(H,28,29). The quantitative estimate of drug-likeness (QED) is 0.323. The zero-order chi connectivity index (χ0) is 24.1. The van der Waals surface area contributed by atoms with E-state index in [0.29, 0.717) is 37.8 Å². The molecule has 2 aromatic carbocycles. The molecule has 0 saturated carbocycles. The van der Waals surface area contributed by atoms with Gasteiger partial charge in [-0.3, -0.25) is 4.79 Å². The minimum atomic E-state index is -0.866. The molecule has 0 saturated heterocycles. The number of anilines is 1. The smallest absolute Gasteiger partial charge is 0.341 e. The predicted octanol–water partition coefficient (Wildman–Crippen LogP) is 7.43. The van der Waals surface area contributed by atoms with Crippen LogP contribution in [0.2, 0.25) is 10.0 Å². The van der Waals surface area contributed by atoms with E-state index >= 15 is 0 Å². The van der Waals surface area contributed by atoms with E-state index < -0.39 is 18.0 Å². The van der Waals surface area contributed by atoms with Crippen molar-refractivity contribution in [3.8, 4) is 16.9 Å². The largest absolute Gasteiger partial charge is 0.479 e. The highest BCUT2D eigenvalue weighted by atomic mass is 35.5. The molecular weight excluding hydrogens is 481 g/mol. The maximum Gasteiger partial charge on any atom is 0.341 e. The Morgan fingerprint density at radius 2 is 1.76 bits per heavy atom. The molecule has 1 aromatic heterocycles. The zero-order valence-electron chi connectivity index (χ0n) is 18.8. The molecule has 1 heterocycles. The Labute approximate surface area is 207 Å². The molecule has 1 N–H and O–H groups in total. The van der Waals surface area contributed by atoms with Crippen molar-refractivity contribution in [2.45, 2.75) is 39.7 Å². The van der Waals surface area contributed by atoms with Crippen molar-refractivity contribution < 1.29 is 19.1 Å².